The Bertz CT molecular complexity index is 251. The number of unbranched alkanes of at least 4 members (excludes halogenated alkanes) is 1. The van der Waals surface area contributed by atoms with Crippen LogP contribution >= 0.6 is 0 Å². The fourth-order valence-corrected chi connectivity index (χ4v) is 2.91. The van der Waals surface area contributed by atoms with Gasteiger partial charge in [-0.1, -0.05) is 0 Å². The summed E-state index contributed by atoms with van der Waals surface area (Å²) in [6, 6.07) is 10.6. The second-order valence-corrected chi connectivity index (χ2v) is 5.69. The Hall–Kier alpha value is -0.521. The van der Waals surface area contributed by atoms with E-state index in [1.165, 1.54) is 28.2 Å². The molecular formula is C12H16Se. The van der Waals surface area contributed by atoms with Gasteiger partial charge in [-0.05, 0) is 0 Å². The molecule has 0 fully saturated rings. The van der Waals surface area contributed by atoms with Gasteiger partial charge in [-0.15, -0.1) is 0 Å². The van der Waals surface area contributed by atoms with E-state index in [4.69, 9.17) is 0 Å². The Kier molecular flexibility index (Phi) is 4.88. The van der Waals surface area contributed by atoms with E-state index in [9.17, 15) is 0 Å². The van der Waals surface area contributed by atoms with Crippen LogP contribution in [0.15, 0.2) is 41.4 Å². The molecule has 1 heteroatoms. The molecule has 1 rings (SSSR count). The van der Waals surface area contributed by atoms with Crippen molar-refractivity contribution in [3.8, 4) is 0 Å². The van der Waals surface area contributed by atoms with E-state index < -0.39 is 0 Å². The minimum atomic E-state index is 0.483. The van der Waals surface area contributed by atoms with Crippen LogP contribution in [0.2, 0.25) is 0 Å². The van der Waals surface area contributed by atoms with Gasteiger partial charge in [0.05, 0.1) is 0 Å². The molecule has 1 aromatic carbocycles. The van der Waals surface area contributed by atoms with Gasteiger partial charge in [-0.3, -0.25) is 0 Å². The quantitative estimate of drug-likeness (QED) is 0.693. The summed E-state index contributed by atoms with van der Waals surface area (Å²) in [6.07, 6.45) is 3.75. The molecule has 0 aliphatic rings. The van der Waals surface area contributed by atoms with Gasteiger partial charge in [-0.2, -0.15) is 0 Å². The van der Waals surface area contributed by atoms with Gasteiger partial charge < -0.3 is 0 Å². The molecule has 0 aliphatic carbocycles. The summed E-state index contributed by atoms with van der Waals surface area (Å²) in [4.78, 5) is 0. The van der Waals surface area contributed by atoms with Crippen LogP contribution in [0.3, 0.4) is 0 Å². The summed E-state index contributed by atoms with van der Waals surface area (Å²) in [5, 5.41) is 0. The predicted molar refractivity (Wildman–Crippen MR) is 60.5 cm³/mol. The first kappa shape index (κ1) is 10.6. The zero-order valence-corrected chi connectivity index (χ0v) is 9.84. The third-order valence-corrected chi connectivity index (χ3v) is 3.91. The molecule has 1 aromatic rings. The number of hydrogen-bond donors (Lipinski definition) is 0. The second kappa shape index (κ2) is 6.01. The molecule has 0 saturated carbocycles. The zero-order chi connectivity index (χ0) is 9.52. The molecule has 70 valence electrons. The maximum absolute atomic E-state index is 4.12. The maximum atomic E-state index is 4.12. The van der Waals surface area contributed by atoms with Crippen molar-refractivity contribution in [2.24, 2.45) is 0 Å². The van der Waals surface area contributed by atoms with E-state index in [1.807, 2.05) is 0 Å². The van der Waals surface area contributed by atoms with Crippen LogP contribution in [0.5, 0.6) is 0 Å². The molecule has 0 N–H and O–H groups in total. The summed E-state index contributed by atoms with van der Waals surface area (Å²) in [5.74, 6) is 0. The molecule has 0 heterocycles. The van der Waals surface area contributed by atoms with Gasteiger partial charge in [0.15, 0.2) is 0 Å². The molecule has 0 aliphatic heterocycles. The Balaban J connectivity index is 2.37. The second-order valence-electron chi connectivity index (χ2n) is 3.06. The van der Waals surface area contributed by atoms with Crippen LogP contribution in [0, 0.1) is 0 Å². The van der Waals surface area contributed by atoms with Crippen molar-refractivity contribution < 1.29 is 0 Å². The van der Waals surface area contributed by atoms with Crippen LogP contribution in [-0.2, 0) is 0 Å². The van der Waals surface area contributed by atoms with Crippen LogP contribution < -0.4 is 4.46 Å². The van der Waals surface area contributed by atoms with Crippen LogP contribution in [0.1, 0.15) is 26.2 Å². The third kappa shape index (κ3) is 4.31. The van der Waals surface area contributed by atoms with E-state index in [1.54, 1.807) is 0 Å². The topological polar surface area (TPSA) is 0 Å². The summed E-state index contributed by atoms with van der Waals surface area (Å²) < 4.78 is 2.86. The normalized spacial score (nSPS) is 9.92. The van der Waals surface area contributed by atoms with Crippen molar-refractivity contribution >= 4 is 19.4 Å². The average Bonchev–Trinajstić information content (AvgIpc) is 2.16. The fourth-order valence-electron chi connectivity index (χ4n) is 1.08. The molecule has 0 bridgehead atoms. The molecule has 0 atom stereocenters. The molecule has 0 spiro atoms. The van der Waals surface area contributed by atoms with E-state index in [0.29, 0.717) is 15.0 Å². The van der Waals surface area contributed by atoms with Crippen molar-refractivity contribution in [3.05, 3.63) is 41.4 Å². The van der Waals surface area contributed by atoms with Crippen molar-refractivity contribution in [1.82, 2.24) is 0 Å². The Morgan fingerprint density at radius 2 is 2.00 bits per heavy atom. The number of hydrogen-bond acceptors (Lipinski definition) is 0. The summed E-state index contributed by atoms with van der Waals surface area (Å²) in [5.41, 5.74) is 0. The first-order valence-corrected chi connectivity index (χ1v) is 6.45. The van der Waals surface area contributed by atoms with Crippen molar-refractivity contribution in [1.29, 1.82) is 0 Å². The van der Waals surface area contributed by atoms with Crippen LogP contribution in [-0.4, -0.2) is 15.0 Å². The Morgan fingerprint density at radius 3 is 2.62 bits per heavy atom. The molecular weight excluding hydrogens is 223 g/mol. The van der Waals surface area contributed by atoms with Gasteiger partial charge in [0, 0.05) is 0 Å². The van der Waals surface area contributed by atoms with Crippen LogP contribution in [0.4, 0.5) is 0 Å². The molecule has 0 unspecified atom stereocenters. The predicted octanol–water partition coefficient (Wildman–Crippen LogP) is 2.72. The molecule has 0 nitrogen and oxygen atoms in total. The fraction of sp³-hybridized carbons (Fsp3) is 0.333. The monoisotopic (exact) mass is 240 g/mol. The van der Waals surface area contributed by atoms with E-state index in [2.05, 4.69) is 43.8 Å². The third-order valence-electron chi connectivity index (χ3n) is 1.81. The van der Waals surface area contributed by atoms with Crippen molar-refractivity contribution in [2.45, 2.75) is 26.2 Å². The van der Waals surface area contributed by atoms with E-state index >= 15 is 0 Å². The summed E-state index contributed by atoms with van der Waals surface area (Å²) in [7, 11) is 0. The number of benzene rings is 1. The van der Waals surface area contributed by atoms with E-state index in [0.717, 1.165) is 0 Å². The van der Waals surface area contributed by atoms with Gasteiger partial charge >= 0.3 is 87.0 Å². The Labute approximate surface area is 87.2 Å². The molecule has 13 heavy (non-hydrogen) atoms. The summed E-state index contributed by atoms with van der Waals surface area (Å²) in [6.45, 7) is 6.34. The van der Waals surface area contributed by atoms with Gasteiger partial charge in [0.25, 0.3) is 0 Å². The number of allylic oxidation sites excluding steroid dienone is 1. The standard InChI is InChI=1S/C12H16Se/c1-3-4-8-11(2)13-12-9-6-5-7-10-12/h5-7,9-10H,2-4,8H2,1H3. The first-order valence-electron chi connectivity index (χ1n) is 4.73. The van der Waals surface area contributed by atoms with Gasteiger partial charge in [0.2, 0.25) is 0 Å². The molecule has 0 aromatic heterocycles. The number of rotatable bonds is 5. The molecule has 0 radical (unpaired) electrons. The molecule has 0 amide bonds. The molecule has 0 saturated heterocycles. The van der Waals surface area contributed by atoms with Crippen LogP contribution in [0.25, 0.3) is 0 Å². The minimum absolute atomic E-state index is 0.483. The SMILES string of the molecule is C=C(CCCC)[Se]c1ccccc1. The Morgan fingerprint density at radius 1 is 1.31 bits per heavy atom. The summed E-state index contributed by atoms with van der Waals surface area (Å²) >= 11 is 0.483. The average molecular weight is 239 g/mol. The van der Waals surface area contributed by atoms with E-state index in [-0.39, 0.29) is 0 Å². The van der Waals surface area contributed by atoms with Gasteiger partial charge in [0.1, 0.15) is 0 Å². The van der Waals surface area contributed by atoms with Gasteiger partial charge in [-0.25, -0.2) is 0 Å². The van der Waals surface area contributed by atoms with Crippen molar-refractivity contribution in [2.75, 3.05) is 0 Å². The first-order chi connectivity index (χ1) is 6.33. The van der Waals surface area contributed by atoms with Crippen molar-refractivity contribution in [3.63, 3.8) is 0 Å². The zero-order valence-electron chi connectivity index (χ0n) is 8.12.